The summed E-state index contributed by atoms with van der Waals surface area (Å²) in [5.41, 5.74) is 0.594. The quantitative estimate of drug-likeness (QED) is 0.647. The zero-order valence-corrected chi connectivity index (χ0v) is 11.7. The largest absolute Gasteiger partial charge is 0.333 e. The predicted octanol–water partition coefficient (Wildman–Crippen LogP) is 1.16. The summed E-state index contributed by atoms with van der Waals surface area (Å²) in [5.74, 6) is 0. The van der Waals surface area contributed by atoms with Crippen LogP contribution in [0.15, 0.2) is 9.59 Å². The van der Waals surface area contributed by atoms with Crippen molar-refractivity contribution in [3.8, 4) is 0 Å². The monoisotopic (exact) mass is 358 g/mol. The highest BCUT2D eigenvalue weighted by Crippen LogP contribution is 2.36. The predicted molar refractivity (Wildman–Crippen MR) is 73.9 cm³/mol. The first-order valence-electron chi connectivity index (χ1n) is 6.09. The first kappa shape index (κ1) is 10.8. The molecule has 0 aromatic carbocycles. The molecule has 0 bridgehead atoms. The van der Waals surface area contributed by atoms with Gasteiger partial charge in [-0.05, 0) is 48.3 Å². The van der Waals surface area contributed by atoms with Crippen molar-refractivity contribution >= 4 is 33.8 Å². The van der Waals surface area contributed by atoms with Crippen molar-refractivity contribution in [1.29, 1.82) is 0 Å². The van der Waals surface area contributed by atoms with Crippen LogP contribution in [0.4, 0.5) is 0 Å². The maximum absolute atomic E-state index is 12.4. The number of aromatic amines is 1. The summed E-state index contributed by atoms with van der Waals surface area (Å²) in [6.07, 6.45) is 3.86. The van der Waals surface area contributed by atoms with Crippen LogP contribution < -0.4 is 11.2 Å². The van der Waals surface area contributed by atoms with Crippen LogP contribution in [-0.2, 0) is 0 Å². The summed E-state index contributed by atoms with van der Waals surface area (Å²) in [6.45, 7) is 0. The standard InChI is InChI=1S/C11H11IN4O2/c12-10-13-7-8(14-10)15(5-1-2-5)11(18)16(9(7)17)6-3-4-6/h5-6H,1-4H2,(H,13,14). The minimum Gasteiger partial charge on any atom is -0.327 e. The fraction of sp³-hybridized carbons (Fsp3) is 0.545. The number of rotatable bonds is 2. The lowest BCUT2D eigenvalue weighted by Gasteiger charge is -2.09. The van der Waals surface area contributed by atoms with E-state index >= 15 is 0 Å². The second-order valence-electron chi connectivity index (χ2n) is 5.02. The Hall–Kier alpha value is -1.12. The van der Waals surface area contributed by atoms with Gasteiger partial charge in [-0.2, -0.15) is 0 Å². The highest BCUT2D eigenvalue weighted by atomic mass is 127. The van der Waals surface area contributed by atoms with E-state index in [0.29, 0.717) is 15.0 Å². The van der Waals surface area contributed by atoms with E-state index < -0.39 is 0 Å². The van der Waals surface area contributed by atoms with E-state index in [-0.39, 0.29) is 23.3 Å². The first-order chi connectivity index (χ1) is 8.66. The molecule has 1 N–H and O–H groups in total. The summed E-state index contributed by atoms with van der Waals surface area (Å²) in [6, 6.07) is 0.324. The van der Waals surface area contributed by atoms with E-state index in [9.17, 15) is 9.59 Å². The summed E-state index contributed by atoms with van der Waals surface area (Å²) < 4.78 is 3.77. The number of fused-ring (bicyclic) bond motifs is 1. The zero-order valence-electron chi connectivity index (χ0n) is 9.52. The van der Waals surface area contributed by atoms with Crippen LogP contribution in [0.1, 0.15) is 37.8 Å². The Labute approximate surface area is 115 Å². The van der Waals surface area contributed by atoms with Gasteiger partial charge in [0.1, 0.15) is 0 Å². The molecule has 2 aromatic rings. The van der Waals surface area contributed by atoms with Crippen molar-refractivity contribution < 1.29 is 0 Å². The van der Waals surface area contributed by atoms with Crippen molar-refractivity contribution in [2.75, 3.05) is 0 Å². The van der Waals surface area contributed by atoms with Crippen molar-refractivity contribution in [3.63, 3.8) is 0 Å². The first-order valence-corrected chi connectivity index (χ1v) is 7.17. The van der Waals surface area contributed by atoms with Gasteiger partial charge in [0, 0.05) is 12.1 Å². The number of hydrogen-bond acceptors (Lipinski definition) is 3. The van der Waals surface area contributed by atoms with Crippen LogP contribution in [0.25, 0.3) is 11.2 Å². The topological polar surface area (TPSA) is 72.7 Å². The Morgan fingerprint density at radius 1 is 1.11 bits per heavy atom. The van der Waals surface area contributed by atoms with E-state index in [4.69, 9.17) is 0 Å². The van der Waals surface area contributed by atoms with Crippen molar-refractivity contribution in [2.24, 2.45) is 0 Å². The molecule has 6 nitrogen and oxygen atoms in total. The second-order valence-corrected chi connectivity index (χ2v) is 6.04. The van der Waals surface area contributed by atoms with Crippen molar-refractivity contribution in [2.45, 2.75) is 37.8 Å². The maximum Gasteiger partial charge on any atom is 0.333 e. The third-order valence-corrected chi connectivity index (χ3v) is 4.06. The lowest BCUT2D eigenvalue weighted by Crippen LogP contribution is -2.39. The van der Waals surface area contributed by atoms with Gasteiger partial charge in [0.2, 0.25) is 0 Å². The molecule has 2 aliphatic carbocycles. The number of halogens is 1. The van der Waals surface area contributed by atoms with Gasteiger partial charge in [0.05, 0.1) is 0 Å². The molecule has 2 fully saturated rings. The van der Waals surface area contributed by atoms with Gasteiger partial charge in [-0.3, -0.25) is 13.9 Å². The Morgan fingerprint density at radius 3 is 2.33 bits per heavy atom. The lowest BCUT2D eigenvalue weighted by molar-refractivity contribution is 0.587. The Morgan fingerprint density at radius 2 is 1.72 bits per heavy atom. The third-order valence-electron chi connectivity index (χ3n) is 3.55. The Bertz CT molecular complexity index is 764. The Balaban J connectivity index is 2.17. The van der Waals surface area contributed by atoms with E-state index in [1.165, 1.54) is 4.57 Å². The second kappa shape index (κ2) is 3.46. The van der Waals surface area contributed by atoms with Crippen LogP contribution in [0.2, 0.25) is 0 Å². The van der Waals surface area contributed by atoms with E-state index in [1.54, 1.807) is 4.57 Å². The summed E-state index contributed by atoms with van der Waals surface area (Å²) >= 11 is 2.04. The molecule has 2 saturated carbocycles. The SMILES string of the molecule is O=c1c2[nH]c(I)nc2n(C2CC2)c(=O)n1C1CC1. The molecule has 7 heteroatoms. The smallest absolute Gasteiger partial charge is 0.327 e. The molecule has 2 aromatic heterocycles. The minimum atomic E-state index is -0.218. The van der Waals surface area contributed by atoms with E-state index in [2.05, 4.69) is 9.97 Å². The molecule has 2 heterocycles. The van der Waals surface area contributed by atoms with Crippen LogP contribution in [-0.4, -0.2) is 19.1 Å². The normalized spacial score (nSPS) is 19.6. The summed E-state index contributed by atoms with van der Waals surface area (Å²) in [7, 11) is 0. The van der Waals surface area contributed by atoms with Gasteiger partial charge in [-0.25, -0.2) is 9.78 Å². The van der Waals surface area contributed by atoms with Gasteiger partial charge < -0.3 is 4.98 Å². The fourth-order valence-electron chi connectivity index (χ4n) is 2.39. The Kier molecular flexibility index (Phi) is 2.07. The van der Waals surface area contributed by atoms with Crippen LogP contribution in [0.5, 0.6) is 0 Å². The highest BCUT2D eigenvalue weighted by Gasteiger charge is 2.34. The van der Waals surface area contributed by atoms with Gasteiger partial charge in [0.15, 0.2) is 15.0 Å². The molecule has 0 spiro atoms. The third kappa shape index (κ3) is 1.42. The number of imidazole rings is 1. The molecule has 94 valence electrons. The molecular formula is C11H11IN4O2. The molecule has 18 heavy (non-hydrogen) atoms. The molecule has 0 radical (unpaired) electrons. The number of H-pyrrole nitrogens is 1. The molecule has 0 aliphatic heterocycles. The number of hydrogen-bond donors (Lipinski definition) is 1. The summed E-state index contributed by atoms with van der Waals surface area (Å²) in [4.78, 5) is 32.0. The van der Waals surface area contributed by atoms with Gasteiger partial charge in [-0.1, -0.05) is 0 Å². The molecular weight excluding hydrogens is 347 g/mol. The fourth-order valence-corrected chi connectivity index (χ4v) is 2.89. The van der Waals surface area contributed by atoms with Gasteiger partial charge >= 0.3 is 5.69 Å². The van der Waals surface area contributed by atoms with Gasteiger partial charge in [-0.15, -0.1) is 0 Å². The van der Waals surface area contributed by atoms with Crippen molar-refractivity contribution in [1.82, 2.24) is 19.1 Å². The van der Waals surface area contributed by atoms with Crippen LogP contribution >= 0.6 is 22.6 Å². The number of aromatic nitrogens is 4. The average molecular weight is 358 g/mol. The molecule has 2 aliphatic rings. The van der Waals surface area contributed by atoms with Gasteiger partial charge in [0.25, 0.3) is 5.56 Å². The number of nitrogens with zero attached hydrogens (tertiary/aromatic N) is 3. The molecule has 0 saturated heterocycles. The van der Waals surface area contributed by atoms with E-state index in [1.807, 2.05) is 22.6 Å². The molecule has 0 amide bonds. The lowest BCUT2D eigenvalue weighted by atomic mass is 10.4. The maximum atomic E-state index is 12.4. The molecule has 4 rings (SSSR count). The molecule has 0 atom stereocenters. The van der Waals surface area contributed by atoms with Crippen LogP contribution in [0, 0.1) is 3.83 Å². The van der Waals surface area contributed by atoms with E-state index in [0.717, 1.165) is 25.7 Å². The van der Waals surface area contributed by atoms with Crippen molar-refractivity contribution in [3.05, 3.63) is 24.7 Å². The average Bonchev–Trinajstić information content (AvgIpc) is 3.18. The highest BCUT2D eigenvalue weighted by molar-refractivity contribution is 14.1. The minimum absolute atomic E-state index is 0.0976. The summed E-state index contributed by atoms with van der Waals surface area (Å²) in [5, 5.41) is 0. The number of nitrogens with one attached hydrogen (secondary N) is 1. The zero-order chi connectivity index (χ0) is 12.4. The van der Waals surface area contributed by atoms with Crippen LogP contribution in [0.3, 0.4) is 0 Å². The molecule has 0 unspecified atom stereocenters.